The lowest BCUT2D eigenvalue weighted by Crippen LogP contribution is -2.40. The van der Waals surface area contributed by atoms with Crippen molar-refractivity contribution in [3.05, 3.63) is 34.9 Å². The van der Waals surface area contributed by atoms with Crippen LogP contribution in [0.1, 0.15) is 56.9 Å². The Kier molecular flexibility index (Phi) is 5.83. The standard InChI is InChI=1S/C20H28ClNO2/c1-22-14-5-6-18(22)11-15-24-19(23)20(12-3-2-4-13-20)16-7-9-17(21)10-8-16/h7-10,18H,2-6,11-15H2,1H3. The van der Waals surface area contributed by atoms with Crippen molar-refractivity contribution in [1.29, 1.82) is 0 Å². The van der Waals surface area contributed by atoms with Gasteiger partial charge in [-0.15, -0.1) is 0 Å². The van der Waals surface area contributed by atoms with E-state index in [1.165, 1.54) is 19.3 Å². The van der Waals surface area contributed by atoms with Crippen LogP contribution in [0.25, 0.3) is 0 Å². The van der Waals surface area contributed by atoms with Gasteiger partial charge < -0.3 is 9.64 Å². The number of carbonyl (C=O) groups is 1. The van der Waals surface area contributed by atoms with Gasteiger partial charge in [0, 0.05) is 11.1 Å². The van der Waals surface area contributed by atoms with Crippen molar-refractivity contribution >= 4 is 17.6 Å². The molecule has 1 aromatic rings. The van der Waals surface area contributed by atoms with E-state index in [1.807, 2.05) is 24.3 Å². The van der Waals surface area contributed by atoms with Gasteiger partial charge in [-0.2, -0.15) is 0 Å². The maximum absolute atomic E-state index is 13.0. The first-order valence-electron chi connectivity index (χ1n) is 9.25. The smallest absolute Gasteiger partial charge is 0.316 e. The number of hydrogen-bond donors (Lipinski definition) is 0. The molecule has 2 aliphatic rings. The van der Waals surface area contributed by atoms with Gasteiger partial charge in [-0.1, -0.05) is 43.0 Å². The van der Waals surface area contributed by atoms with Crippen molar-refractivity contribution in [3.63, 3.8) is 0 Å². The maximum Gasteiger partial charge on any atom is 0.316 e. The van der Waals surface area contributed by atoms with Gasteiger partial charge >= 0.3 is 5.97 Å². The molecule has 3 rings (SSSR count). The summed E-state index contributed by atoms with van der Waals surface area (Å²) in [5.74, 6) is -0.0369. The Morgan fingerprint density at radius 1 is 1.21 bits per heavy atom. The third kappa shape index (κ3) is 3.78. The zero-order chi connectivity index (χ0) is 17.0. The summed E-state index contributed by atoms with van der Waals surface area (Å²) in [5.41, 5.74) is 0.597. The number of rotatable bonds is 5. The number of nitrogens with zero attached hydrogens (tertiary/aromatic N) is 1. The zero-order valence-electron chi connectivity index (χ0n) is 14.6. The van der Waals surface area contributed by atoms with Crippen molar-refractivity contribution in [2.45, 2.75) is 62.8 Å². The van der Waals surface area contributed by atoms with Crippen LogP contribution in [0.15, 0.2) is 24.3 Å². The molecule has 1 unspecified atom stereocenters. The molecule has 132 valence electrons. The molecule has 1 aliphatic heterocycles. The highest BCUT2D eigenvalue weighted by Crippen LogP contribution is 2.41. The van der Waals surface area contributed by atoms with Crippen LogP contribution in [-0.2, 0) is 14.9 Å². The molecule has 1 saturated heterocycles. The summed E-state index contributed by atoms with van der Waals surface area (Å²) in [4.78, 5) is 15.4. The lowest BCUT2D eigenvalue weighted by atomic mass is 9.69. The molecule has 0 amide bonds. The summed E-state index contributed by atoms with van der Waals surface area (Å²) >= 11 is 6.02. The molecule has 24 heavy (non-hydrogen) atoms. The molecular formula is C20H28ClNO2. The van der Waals surface area contributed by atoms with E-state index < -0.39 is 5.41 Å². The largest absolute Gasteiger partial charge is 0.465 e. The Balaban J connectivity index is 1.66. The topological polar surface area (TPSA) is 29.5 Å². The van der Waals surface area contributed by atoms with Crippen LogP contribution in [0.2, 0.25) is 5.02 Å². The molecule has 0 bridgehead atoms. The summed E-state index contributed by atoms with van der Waals surface area (Å²) in [6.07, 6.45) is 8.56. The van der Waals surface area contributed by atoms with E-state index in [0.29, 0.717) is 17.7 Å². The van der Waals surface area contributed by atoms with Crippen LogP contribution in [-0.4, -0.2) is 37.1 Å². The minimum atomic E-state index is -0.468. The van der Waals surface area contributed by atoms with Gasteiger partial charge in [-0.3, -0.25) is 4.79 Å². The number of carbonyl (C=O) groups excluding carboxylic acids is 1. The molecule has 1 saturated carbocycles. The van der Waals surface area contributed by atoms with E-state index in [9.17, 15) is 4.79 Å². The molecule has 1 atom stereocenters. The van der Waals surface area contributed by atoms with Gasteiger partial charge in [0.2, 0.25) is 0 Å². The Morgan fingerprint density at radius 2 is 1.92 bits per heavy atom. The molecule has 3 nitrogen and oxygen atoms in total. The molecule has 0 radical (unpaired) electrons. The monoisotopic (exact) mass is 349 g/mol. The van der Waals surface area contributed by atoms with Crippen LogP contribution in [0.4, 0.5) is 0 Å². The van der Waals surface area contributed by atoms with Gasteiger partial charge in [-0.05, 0) is 63.4 Å². The molecule has 1 aromatic carbocycles. The lowest BCUT2D eigenvalue weighted by molar-refractivity contribution is -0.152. The number of halogens is 1. The predicted octanol–water partition coefficient (Wildman–Crippen LogP) is 4.57. The lowest BCUT2D eigenvalue weighted by Gasteiger charge is -2.35. The molecule has 2 fully saturated rings. The van der Waals surface area contributed by atoms with Crippen LogP contribution >= 0.6 is 11.6 Å². The first kappa shape index (κ1) is 17.8. The molecule has 0 aromatic heterocycles. The molecule has 0 spiro atoms. The fraction of sp³-hybridized carbons (Fsp3) is 0.650. The first-order chi connectivity index (χ1) is 11.6. The van der Waals surface area contributed by atoms with Crippen LogP contribution in [0.3, 0.4) is 0 Å². The zero-order valence-corrected chi connectivity index (χ0v) is 15.4. The molecule has 1 heterocycles. The summed E-state index contributed by atoms with van der Waals surface area (Å²) in [6, 6.07) is 8.33. The van der Waals surface area contributed by atoms with E-state index in [-0.39, 0.29) is 5.97 Å². The number of ether oxygens (including phenoxy) is 1. The first-order valence-corrected chi connectivity index (χ1v) is 9.63. The normalized spacial score (nSPS) is 24.0. The third-order valence-electron chi connectivity index (χ3n) is 5.85. The summed E-state index contributed by atoms with van der Waals surface area (Å²) in [7, 11) is 2.16. The van der Waals surface area contributed by atoms with Crippen molar-refractivity contribution in [2.75, 3.05) is 20.2 Å². The average Bonchev–Trinajstić information content (AvgIpc) is 3.01. The number of hydrogen-bond acceptors (Lipinski definition) is 3. The second-order valence-corrected chi connectivity index (χ2v) is 7.79. The van der Waals surface area contributed by atoms with E-state index in [2.05, 4.69) is 11.9 Å². The third-order valence-corrected chi connectivity index (χ3v) is 6.10. The van der Waals surface area contributed by atoms with Crippen molar-refractivity contribution in [1.82, 2.24) is 4.90 Å². The maximum atomic E-state index is 13.0. The summed E-state index contributed by atoms with van der Waals surface area (Å²) in [5, 5.41) is 0.711. The van der Waals surface area contributed by atoms with Crippen LogP contribution < -0.4 is 0 Å². The van der Waals surface area contributed by atoms with Crippen LogP contribution in [0, 0.1) is 0 Å². The van der Waals surface area contributed by atoms with Crippen molar-refractivity contribution < 1.29 is 9.53 Å². The Labute approximate surface area is 150 Å². The highest BCUT2D eigenvalue weighted by Gasteiger charge is 2.42. The van der Waals surface area contributed by atoms with Gasteiger partial charge in [0.1, 0.15) is 0 Å². The minimum Gasteiger partial charge on any atom is -0.465 e. The van der Waals surface area contributed by atoms with Gasteiger partial charge in [0.05, 0.1) is 12.0 Å². The van der Waals surface area contributed by atoms with Crippen molar-refractivity contribution in [3.8, 4) is 0 Å². The second-order valence-electron chi connectivity index (χ2n) is 7.35. The van der Waals surface area contributed by atoms with Crippen LogP contribution in [0.5, 0.6) is 0 Å². The Hall–Kier alpha value is -1.06. The van der Waals surface area contributed by atoms with E-state index in [4.69, 9.17) is 16.3 Å². The van der Waals surface area contributed by atoms with Gasteiger partial charge in [0.25, 0.3) is 0 Å². The Morgan fingerprint density at radius 3 is 2.54 bits per heavy atom. The molecular weight excluding hydrogens is 322 g/mol. The van der Waals surface area contributed by atoms with E-state index in [1.54, 1.807) is 0 Å². The summed E-state index contributed by atoms with van der Waals surface area (Å²) < 4.78 is 5.78. The molecule has 1 aliphatic carbocycles. The highest BCUT2D eigenvalue weighted by atomic mass is 35.5. The number of benzene rings is 1. The van der Waals surface area contributed by atoms with E-state index >= 15 is 0 Å². The van der Waals surface area contributed by atoms with Gasteiger partial charge in [-0.25, -0.2) is 0 Å². The number of likely N-dealkylation sites (tertiary alicyclic amines) is 1. The highest BCUT2D eigenvalue weighted by molar-refractivity contribution is 6.30. The summed E-state index contributed by atoms with van der Waals surface area (Å²) in [6.45, 7) is 1.69. The SMILES string of the molecule is CN1CCCC1CCOC(=O)C1(c2ccc(Cl)cc2)CCCCC1. The second kappa shape index (κ2) is 7.88. The number of esters is 1. The van der Waals surface area contributed by atoms with E-state index in [0.717, 1.165) is 44.2 Å². The Bertz CT molecular complexity index is 551. The fourth-order valence-electron chi connectivity index (χ4n) is 4.30. The average molecular weight is 350 g/mol. The van der Waals surface area contributed by atoms with Gasteiger partial charge in [0.15, 0.2) is 0 Å². The quantitative estimate of drug-likeness (QED) is 0.729. The van der Waals surface area contributed by atoms with Crippen molar-refractivity contribution in [2.24, 2.45) is 0 Å². The molecule has 4 heteroatoms. The molecule has 0 N–H and O–H groups in total. The fourth-order valence-corrected chi connectivity index (χ4v) is 4.43. The predicted molar refractivity (Wildman–Crippen MR) is 97.4 cm³/mol. The minimum absolute atomic E-state index is 0.0369.